The molecule has 0 aliphatic carbocycles. The molecule has 1 N–H and O–H groups in total. The molecule has 3 heterocycles. The first kappa shape index (κ1) is 13.3. The Labute approximate surface area is 137 Å². The number of benzene rings is 2. The van der Waals surface area contributed by atoms with Gasteiger partial charge in [-0.3, -0.25) is 0 Å². The topological polar surface area (TPSA) is 72.5 Å². The van der Waals surface area contributed by atoms with Gasteiger partial charge >= 0.3 is 0 Å². The van der Waals surface area contributed by atoms with E-state index in [0.29, 0.717) is 11.2 Å². The SMILES string of the molecule is CC1(C)C=Cc2cc3c(cc2O1)nn1c2ccc(O)cc2nnc31. The van der Waals surface area contributed by atoms with Crippen molar-refractivity contribution < 1.29 is 9.84 Å². The van der Waals surface area contributed by atoms with Crippen molar-refractivity contribution in [1.29, 1.82) is 0 Å². The Hall–Kier alpha value is -3.15. The number of aromatic nitrogens is 4. The highest BCUT2D eigenvalue weighted by atomic mass is 16.5. The van der Waals surface area contributed by atoms with E-state index < -0.39 is 0 Å². The van der Waals surface area contributed by atoms with Crippen molar-refractivity contribution in [3.63, 3.8) is 0 Å². The first-order valence-electron chi connectivity index (χ1n) is 7.70. The van der Waals surface area contributed by atoms with Gasteiger partial charge in [0.05, 0.1) is 11.0 Å². The van der Waals surface area contributed by atoms with Crippen LogP contribution in [0.5, 0.6) is 11.5 Å². The Morgan fingerprint density at radius 3 is 2.83 bits per heavy atom. The molecule has 0 fully saturated rings. The quantitative estimate of drug-likeness (QED) is 0.538. The van der Waals surface area contributed by atoms with Gasteiger partial charge in [0.1, 0.15) is 22.6 Å². The summed E-state index contributed by atoms with van der Waals surface area (Å²) in [6.45, 7) is 4.04. The first-order chi connectivity index (χ1) is 11.5. The summed E-state index contributed by atoms with van der Waals surface area (Å²) in [5.41, 5.74) is 3.55. The average molecular weight is 318 g/mol. The van der Waals surface area contributed by atoms with E-state index in [4.69, 9.17) is 4.74 Å². The molecule has 1 aliphatic heterocycles. The molecular formula is C18H14N4O2. The Bertz CT molecular complexity index is 1170. The van der Waals surface area contributed by atoms with Crippen molar-refractivity contribution in [2.75, 3.05) is 0 Å². The molecule has 0 spiro atoms. The third kappa shape index (κ3) is 1.79. The molecule has 2 aromatic heterocycles. The van der Waals surface area contributed by atoms with Crippen LogP contribution in [-0.2, 0) is 0 Å². The number of fused-ring (bicyclic) bond motifs is 6. The van der Waals surface area contributed by atoms with Crippen LogP contribution in [0.4, 0.5) is 0 Å². The maximum atomic E-state index is 9.61. The molecule has 0 atom stereocenters. The summed E-state index contributed by atoms with van der Waals surface area (Å²) < 4.78 is 7.78. The zero-order valence-electron chi connectivity index (χ0n) is 13.2. The van der Waals surface area contributed by atoms with E-state index in [1.807, 2.05) is 32.1 Å². The summed E-state index contributed by atoms with van der Waals surface area (Å²) in [5.74, 6) is 0.970. The molecule has 6 nitrogen and oxygen atoms in total. The lowest BCUT2D eigenvalue weighted by atomic mass is 10.0. The predicted octanol–water partition coefficient (Wildman–Crippen LogP) is 3.32. The highest BCUT2D eigenvalue weighted by Gasteiger charge is 2.23. The molecule has 24 heavy (non-hydrogen) atoms. The van der Waals surface area contributed by atoms with Crippen LogP contribution in [0.15, 0.2) is 36.4 Å². The Kier molecular flexibility index (Phi) is 2.34. The van der Waals surface area contributed by atoms with Crippen LogP contribution in [0.25, 0.3) is 33.7 Å². The molecule has 0 unspecified atom stereocenters. The largest absolute Gasteiger partial charge is 0.508 e. The molecular weight excluding hydrogens is 304 g/mol. The van der Waals surface area contributed by atoms with Crippen LogP contribution in [0.1, 0.15) is 19.4 Å². The van der Waals surface area contributed by atoms with E-state index in [2.05, 4.69) is 21.4 Å². The summed E-state index contributed by atoms with van der Waals surface area (Å²) in [4.78, 5) is 0. The number of hydrogen-bond donors (Lipinski definition) is 1. The fourth-order valence-electron chi connectivity index (χ4n) is 3.08. The van der Waals surface area contributed by atoms with Gasteiger partial charge in [-0.15, -0.1) is 10.2 Å². The molecule has 6 heteroatoms. The minimum absolute atomic E-state index is 0.157. The third-order valence-electron chi connectivity index (χ3n) is 4.25. The van der Waals surface area contributed by atoms with Crippen LogP contribution in [-0.4, -0.2) is 30.5 Å². The van der Waals surface area contributed by atoms with Crippen molar-refractivity contribution in [3.8, 4) is 11.5 Å². The molecule has 0 amide bonds. The van der Waals surface area contributed by atoms with Crippen LogP contribution < -0.4 is 4.74 Å². The summed E-state index contributed by atoms with van der Waals surface area (Å²) >= 11 is 0. The van der Waals surface area contributed by atoms with Crippen molar-refractivity contribution in [3.05, 3.63) is 42.0 Å². The molecule has 5 rings (SSSR count). The van der Waals surface area contributed by atoms with Gasteiger partial charge in [0.2, 0.25) is 0 Å². The number of phenols is 1. The van der Waals surface area contributed by atoms with Crippen LogP contribution in [0.3, 0.4) is 0 Å². The van der Waals surface area contributed by atoms with Gasteiger partial charge in [-0.2, -0.15) is 5.10 Å². The van der Waals surface area contributed by atoms with E-state index in [1.165, 1.54) is 0 Å². The Balaban J connectivity index is 1.85. The van der Waals surface area contributed by atoms with Gasteiger partial charge < -0.3 is 9.84 Å². The second-order valence-corrected chi connectivity index (χ2v) is 6.55. The van der Waals surface area contributed by atoms with Crippen molar-refractivity contribution in [1.82, 2.24) is 19.8 Å². The molecule has 4 aromatic rings. The molecule has 0 radical (unpaired) electrons. The van der Waals surface area contributed by atoms with Gasteiger partial charge in [0.15, 0.2) is 5.65 Å². The zero-order chi connectivity index (χ0) is 16.5. The van der Waals surface area contributed by atoms with Gasteiger partial charge in [-0.1, -0.05) is 6.08 Å². The first-order valence-corrected chi connectivity index (χ1v) is 7.70. The minimum atomic E-state index is -0.329. The van der Waals surface area contributed by atoms with Crippen LogP contribution in [0.2, 0.25) is 0 Å². The normalized spacial score (nSPS) is 15.8. The Morgan fingerprint density at radius 2 is 1.96 bits per heavy atom. The number of hydrogen-bond acceptors (Lipinski definition) is 5. The number of aromatic hydroxyl groups is 1. The van der Waals surface area contributed by atoms with E-state index in [-0.39, 0.29) is 11.4 Å². The highest BCUT2D eigenvalue weighted by Crippen LogP contribution is 2.35. The second-order valence-electron chi connectivity index (χ2n) is 6.55. The van der Waals surface area contributed by atoms with Crippen LogP contribution in [0, 0.1) is 0 Å². The lowest BCUT2D eigenvalue weighted by Crippen LogP contribution is -2.27. The summed E-state index contributed by atoms with van der Waals surface area (Å²) in [6.07, 6.45) is 4.10. The monoisotopic (exact) mass is 318 g/mol. The van der Waals surface area contributed by atoms with E-state index in [9.17, 15) is 5.11 Å². The summed E-state index contributed by atoms with van der Waals surface area (Å²) in [5, 5.41) is 23.7. The van der Waals surface area contributed by atoms with Gasteiger partial charge in [0.25, 0.3) is 0 Å². The van der Waals surface area contributed by atoms with Gasteiger partial charge in [-0.05, 0) is 38.1 Å². The van der Waals surface area contributed by atoms with Crippen LogP contribution >= 0.6 is 0 Å². The molecule has 0 saturated carbocycles. The summed E-state index contributed by atoms with van der Waals surface area (Å²) in [6, 6.07) is 8.96. The fourth-order valence-corrected chi connectivity index (χ4v) is 3.08. The molecule has 0 saturated heterocycles. The van der Waals surface area contributed by atoms with Crippen molar-refractivity contribution in [2.24, 2.45) is 0 Å². The van der Waals surface area contributed by atoms with Crippen molar-refractivity contribution >= 4 is 33.7 Å². The summed E-state index contributed by atoms with van der Waals surface area (Å²) in [7, 11) is 0. The highest BCUT2D eigenvalue weighted by molar-refractivity contribution is 5.97. The smallest absolute Gasteiger partial charge is 0.185 e. The predicted molar refractivity (Wildman–Crippen MR) is 91.2 cm³/mol. The number of rotatable bonds is 0. The maximum Gasteiger partial charge on any atom is 0.185 e. The lowest BCUT2D eigenvalue weighted by Gasteiger charge is -2.27. The van der Waals surface area contributed by atoms with E-state index >= 15 is 0 Å². The van der Waals surface area contributed by atoms with Gasteiger partial charge in [-0.25, -0.2) is 4.52 Å². The molecule has 118 valence electrons. The maximum absolute atomic E-state index is 9.61. The molecule has 2 aromatic carbocycles. The molecule has 1 aliphatic rings. The minimum Gasteiger partial charge on any atom is -0.508 e. The van der Waals surface area contributed by atoms with Crippen molar-refractivity contribution in [2.45, 2.75) is 19.4 Å². The van der Waals surface area contributed by atoms with E-state index in [0.717, 1.165) is 27.7 Å². The Morgan fingerprint density at radius 1 is 1.08 bits per heavy atom. The lowest BCUT2D eigenvalue weighted by molar-refractivity contribution is 0.159. The zero-order valence-corrected chi connectivity index (χ0v) is 13.2. The molecule has 0 bridgehead atoms. The van der Waals surface area contributed by atoms with E-state index in [1.54, 1.807) is 22.7 Å². The number of nitrogens with zero attached hydrogens (tertiary/aromatic N) is 4. The standard InChI is InChI=1S/C18H14N4O2/c1-18(2)6-5-10-7-12-13(9-16(10)24-18)21-22-15-4-3-11(23)8-14(15)19-20-17(12)22/h3-9,23H,1-2H3. The van der Waals surface area contributed by atoms with Gasteiger partial charge in [0, 0.05) is 23.1 Å². The fraction of sp³-hybridized carbons (Fsp3) is 0.167. The second kappa shape index (κ2) is 4.23. The number of ether oxygens (including phenoxy) is 1. The average Bonchev–Trinajstić information content (AvgIpc) is 2.89. The number of phenolic OH excluding ortho intramolecular Hbond substituents is 1. The third-order valence-corrected chi connectivity index (χ3v) is 4.25.